The highest BCUT2D eigenvalue weighted by molar-refractivity contribution is 7.91. The summed E-state index contributed by atoms with van der Waals surface area (Å²) in [6.45, 7) is 5.45. The number of alkyl carbamates (subject to hydrolysis) is 1. The van der Waals surface area contributed by atoms with Crippen LogP contribution in [0.2, 0.25) is 5.28 Å². The summed E-state index contributed by atoms with van der Waals surface area (Å²) < 4.78 is 17.3. The molecule has 7 nitrogen and oxygen atoms in total. The lowest BCUT2D eigenvalue weighted by Crippen LogP contribution is -2.35. The van der Waals surface area contributed by atoms with Gasteiger partial charge in [0, 0.05) is 6.42 Å². The fourth-order valence-electron chi connectivity index (χ4n) is 2.41. The Morgan fingerprint density at radius 1 is 1.39 bits per heavy atom. The third-order valence-corrected chi connectivity index (χ3v) is 5.10. The van der Waals surface area contributed by atoms with Crippen molar-refractivity contribution in [3.63, 3.8) is 0 Å². The van der Waals surface area contributed by atoms with Crippen molar-refractivity contribution in [2.75, 3.05) is 11.1 Å². The van der Waals surface area contributed by atoms with Crippen LogP contribution in [0.25, 0.3) is 0 Å². The summed E-state index contributed by atoms with van der Waals surface area (Å²) in [7, 11) is 0. The molecule has 0 radical (unpaired) electrons. The largest absolute Gasteiger partial charge is 0.611 e. The molecule has 1 fully saturated rings. The van der Waals surface area contributed by atoms with Gasteiger partial charge in [-0.05, 0) is 50.0 Å². The van der Waals surface area contributed by atoms with Crippen LogP contribution in [0.1, 0.15) is 32.9 Å². The number of fused-ring (bicyclic) bond motifs is 1. The average molecular weight is 359 g/mol. The Kier molecular flexibility index (Phi) is 4.33. The maximum atomic E-state index is 12.1. The van der Waals surface area contributed by atoms with Crippen molar-refractivity contribution in [1.82, 2.24) is 15.3 Å². The molecule has 3 rings (SSSR count). The van der Waals surface area contributed by atoms with Gasteiger partial charge in [-0.15, -0.1) is 0 Å². The number of aryl methyl sites for hydroxylation is 1. The van der Waals surface area contributed by atoms with Gasteiger partial charge in [0.2, 0.25) is 10.2 Å². The topological polar surface area (TPSA) is 99.2 Å². The van der Waals surface area contributed by atoms with Gasteiger partial charge in [-0.25, -0.2) is 9.78 Å². The van der Waals surface area contributed by atoms with Crippen LogP contribution in [-0.2, 0) is 22.3 Å². The molecule has 3 atom stereocenters. The number of anilines is 1. The summed E-state index contributed by atoms with van der Waals surface area (Å²) in [4.78, 5) is 20.7. The van der Waals surface area contributed by atoms with Crippen LogP contribution in [0.3, 0.4) is 0 Å². The van der Waals surface area contributed by atoms with Crippen LogP contribution in [0, 0.1) is 0 Å². The molecule has 1 aliphatic heterocycles. The van der Waals surface area contributed by atoms with Gasteiger partial charge < -0.3 is 19.9 Å². The third kappa shape index (κ3) is 3.99. The van der Waals surface area contributed by atoms with Gasteiger partial charge in [-0.2, -0.15) is 4.98 Å². The first kappa shape index (κ1) is 16.6. The summed E-state index contributed by atoms with van der Waals surface area (Å²) in [6.07, 6.45) is 0.951. The first-order chi connectivity index (χ1) is 10.7. The highest BCUT2D eigenvalue weighted by Gasteiger charge is 2.42. The third-order valence-electron chi connectivity index (χ3n) is 3.48. The molecule has 1 aromatic heterocycles. The molecule has 1 aromatic rings. The minimum atomic E-state index is -1.10. The molecule has 2 N–H and O–H groups in total. The summed E-state index contributed by atoms with van der Waals surface area (Å²) in [6, 6.07) is -0.0146. The first-order valence-corrected chi connectivity index (χ1v) is 9.13. The van der Waals surface area contributed by atoms with Gasteiger partial charge in [-0.1, -0.05) is 0 Å². The molecule has 1 saturated carbocycles. The van der Waals surface area contributed by atoms with E-state index in [0.717, 1.165) is 12.1 Å². The number of aromatic nitrogens is 2. The van der Waals surface area contributed by atoms with Crippen molar-refractivity contribution in [1.29, 1.82) is 0 Å². The quantitative estimate of drug-likeness (QED) is 0.632. The van der Waals surface area contributed by atoms with Gasteiger partial charge in [-0.3, -0.25) is 0 Å². The maximum Gasteiger partial charge on any atom is 0.407 e. The zero-order chi connectivity index (χ0) is 16.8. The van der Waals surface area contributed by atoms with Gasteiger partial charge in [0.05, 0.1) is 12.1 Å². The Balaban J connectivity index is 1.61. The zero-order valence-corrected chi connectivity index (χ0v) is 14.8. The average Bonchev–Trinajstić information content (AvgIpc) is 2.98. The highest BCUT2D eigenvalue weighted by Crippen LogP contribution is 2.34. The second kappa shape index (κ2) is 5.99. The Labute approximate surface area is 142 Å². The van der Waals surface area contributed by atoms with E-state index in [-0.39, 0.29) is 17.4 Å². The predicted molar refractivity (Wildman–Crippen MR) is 87.2 cm³/mol. The van der Waals surface area contributed by atoms with E-state index >= 15 is 0 Å². The Bertz CT molecular complexity index is 637. The lowest BCUT2D eigenvalue weighted by Gasteiger charge is -2.19. The second-order valence-electron chi connectivity index (χ2n) is 6.66. The van der Waals surface area contributed by atoms with Crippen LogP contribution in [0.15, 0.2) is 4.90 Å². The molecule has 2 unspecified atom stereocenters. The van der Waals surface area contributed by atoms with E-state index in [4.69, 9.17) is 16.3 Å². The van der Waals surface area contributed by atoms with E-state index in [2.05, 4.69) is 20.6 Å². The number of nitrogens with one attached hydrogen (secondary N) is 2. The molecule has 0 bridgehead atoms. The number of halogens is 1. The Morgan fingerprint density at radius 3 is 2.83 bits per heavy atom. The van der Waals surface area contributed by atoms with E-state index in [9.17, 15) is 9.35 Å². The molecular formula is C14H19ClN4O3S. The number of ether oxygens (including phenoxy) is 1. The summed E-state index contributed by atoms with van der Waals surface area (Å²) >= 11 is 4.82. The van der Waals surface area contributed by atoms with E-state index in [0.29, 0.717) is 22.9 Å². The molecule has 9 heteroatoms. The van der Waals surface area contributed by atoms with Crippen molar-refractivity contribution in [3.8, 4) is 0 Å². The van der Waals surface area contributed by atoms with Crippen LogP contribution >= 0.6 is 11.6 Å². The van der Waals surface area contributed by atoms with E-state index in [1.54, 1.807) is 0 Å². The first-order valence-electron chi connectivity index (χ1n) is 7.44. The van der Waals surface area contributed by atoms with Crippen LogP contribution in [0.4, 0.5) is 10.6 Å². The van der Waals surface area contributed by atoms with Crippen LogP contribution < -0.4 is 10.6 Å². The van der Waals surface area contributed by atoms with Crippen molar-refractivity contribution in [3.05, 3.63) is 11.0 Å². The number of amides is 1. The lowest BCUT2D eigenvalue weighted by atomic mass is 10.2. The van der Waals surface area contributed by atoms with Crippen molar-refractivity contribution in [2.24, 2.45) is 0 Å². The molecule has 126 valence electrons. The molecule has 1 amide bonds. The Morgan fingerprint density at radius 2 is 2.13 bits per heavy atom. The molecular weight excluding hydrogens is 340 g/mol. The van der Waals surface area contributed by atoms with Crippen molar-refractivity contribution < 1.29 is 14.1 Å². The molecule has 1 aliphatic carbocycles. The number of rotatable bonds is 3. The number of hydrogen-bond donors (Lipinski definition) is 2. The zero-order valence-electron chi connectivity index (χ0n) is 13.2. The minimum Gasteiger partial charge on any atom is -0.611 e. The number of carbonyl (C=O) groups excluding carboxylic acids is 1. The summed E-state index contributed by atoms with van der Waals surface area (Å²) in [5.41, 5.74) is 0.211. The molecule has 0 saturated heterocycles. The van der Waals surface area contributed by atoms with Crippen LogP contribution in [0.5, 0.6) is 0 Å². The maximum absolute atomic E-state index is 12.1. The van der Waals surface area contributed by atoms with Crippen molar-refractivity contribution in [2.45, 2.75) is 56.2 Å². The van der Waals surface area contributed by atoms with E-state index < -0.39 is 22.9 Å². The number of hydrogen-bond acceptors (Lipinski definition) is 6. The molecule has 0 aromatic carbocycles. The smallest absolute Gasteiger partial charge is 0.407 e. The van der Waals surface area contributed by atoms with Crippen molar-refractivity contribution >= 4 is 34.7 Å². The predicted octanol–water partition coefficient (Wildman–Crippen LogP) is 1.87. The summed E-state index contributed by atoms with van der Waals surface area (Å²) in [5, 5.41) is 6.15. The standard InChI is InChI=1S/C14H19ClN4O3S/c1-14(2,3)22-13(20)18-9-6-8(9)16-11-10-7(4-5-23(10)21)17-12(15)19-11/h8-9H,4-6H2,1-3H3,(H,18,20)(H,16,17,19)/t8?,9-,23?/m0/s1. The Hall–Kier alpha value is -1.25. The van der Waals surface area contributed by atoms with E-state index in [1.165, 1.54) is 0 Å². The molecule has 2 heterocycles. The summed E-state index contributed by atoms with van der Waals surface area (Å²) in [5.74, 6) is 1.05. The fraction of sp³-hybridized carbons (Fsp3) is 0.643. The van der Waals surface area contributed by atoms with E-state index in [1.807, 2.05) is 20.8 Å². The van der Waals surface area contributed by atoms with Gasteiger partial charge in [0.15, 0.2) is 5.82 Å². The van der Waals surface area contributed by atoms with Gasteiger partial charge in [0.1, 0.15) is 17.0 Å². The number of nitrogens with zero attached hydrogens (tertiary/aromatic N) is 2. The second-order valence-corrected chi connectivity index (χ2v) is 8.50. The van der Waals surface area contributed by atoms with Gasteiger partial charge in [0.25, 0.3) is 0 Å². The highest BCUT2D eigenvalue weighted by atomic mass is 35.5. The molecule has 23 heavy (non-hydrogen) atoms. The van der Waals surface area contributed by atoms with Crippen LogP contribution in [-0.4, -0.2) is 44.1 Å². The minimum absolute atomic E-state index is 0.0233. The fourth-order valence-corrected chi connectivity index (χ4v) is 3.91. The molecule has 0 spiro atoms. The normalized spacial score (nSPS) is 25.7. The number of carbonyl (C=O) groups is 1. The SMILES string of the molecule is CC(C)(C)OC(=O)N[C@H]1CC1Nc1nc(Cl)nc2c1[S+]([O-])CC2. The molecule has 2 aliphatic rings. The van der Waals surface area contributed by atoms with Gasteiger partial charge >= 0.3 is 6.09 Å². The lowest BCUT2D eigenvalue weighted by molar-refractivity contribution is 0.0523. The monoisotopic (exact) mass is 358 g/mol.